The summed E-state index contributed by atoms with van der Waals surface area (Å²) in [7, 11) is 0. The number of likely N-dealkylation sites (tertiary alicyclic amines) is 1. The minimum absolute atomic E-state index is 0.0427. The molecule has 5 heteroatoms. The van der Waals surface area contributed by atoms with E-state index in [9.17, 15) is 4.79 Å². The van der Waals surface area contributed by atoms with Gasteiger partial charge in [-0.1, -0.05) is 19.0 Å². The van der Waals surface area contributed by atoms with Crippen LogP contribution in [0.5, 0.6) is 0 Å². The van der Waals surface area contributed by atoms with E-state index in [2.05, 4.69) is 19.0 Å². The molecule has 1 fully saturated rings. The van der Waals surface area contributed by atoms with Crippen molar-refractivity contribution < 1.29 is 14.1 Å². The number of hydrogen-bond donors (Lipinski definition) is 0. The van der Waals surface area contributed by atoms with Crippen molar-refractivity contribution in [1.29, 1.82) is 0 Å². The maximum absolute atomic E-state index is 12.3. The Bertz CT molecular complexity index is 570. The molecule has 5 nitrogen and oxygen atoms in total. The second-order valence-corrected chi connectivity index (χ2v) is 7.91. The van der Waals surface area contributed by atoms with Crippen LogP contribution in [0.25, 0.3) is 0 Å². The van der Waals surface area contributed by atoms with Gasteiger partial charge in [-0.05, 0) is 33.6 Å². The highest BCUT2D eigenvalue weighted by Crippen LogP contribution is 2.56. The highest BCUT2D eigenvalue weighted by atomic mass is 16.6. The Morgan fingerprint density at radius 3 is 2.76 bits per heavy atom. The highest BCUT2D eigenvalue weighted by Gasteiger charge is 2.58. The van der Waals surface area contributed by atoms with Crippen LogP contribution in [0.15, 0.2) is 10.7 Å². The predicted octanol–water partition coefficient (Wildman–Crippen LogP) is 3.14. The molecule has 116 valence electrons. The van der Waals surface area contributed by atoms with E-state index < -0.39 is 5.60 Å². The monoisotopic (exact) mass is 292 g/mol. The number of fused-ring (bicyclic) bond motifs is 1. The first-order valence-electron chi connectivity index (χ1n) is 7.57. The molecule has 0 aromatic carbocycles. The fourth-order valence-electron chi connectivity index (χ4n) is 3.74. The summed E-state index contributed by atoms with van der Waals surface area (Å²) in [5, 5.41) is 3.92. The van der Waals surface area contributed by atoms with Gasteiger partial charge in [-0.3, -0.25) is 0 Å². The quantitative estimate of drug-likeness (QED) is 0.737. The van der Waals surface area contributed by atoms with Gasteiger partial charge in [0, 0.05) is 29.5 Å². The molecule has 1 aromatic rings. The molecule has 21 heavy (non-hydrogen) atoms. The van der Waals surface area contributed by atoms with Crippen LogP contribution >= 0.6 is 0 Å². The van der Waals surface area contributed by atoms with Crippen LogP contribution in [0.1, 0.15) is 52.4 Å². The van der Waals surface area contributed by atoms with Gasteiger partial charge in [-0.15, -0.1) is 0 Å². The topological polar surface area (TPSA) is 55.6 Å². The first-order valence-corrected chi connectivity index (χ1v) is 7.57. The zero-order chi connectivity index (χ0) is 15.5. The highest BCUT2D eigenvalue weighted by molar-refractivity contribution is 5.68. The van der Waals surface area contributed by atoms with Gasteiger partial charge in [0.15, 0.2) is 0 Å². The average Bonchev–Trinajstić information content (AvgIpc) is 2.98. The number of rotatable bonds is 0. The maximum atomic E-state index is 12.3. The number of nitrogens with zero attached hydrogens (tertiary/aromatic N) is 2. The molecule has 0 N–H and O–H groups in total. The lowest BCUT2D eigenvalue weighted by molar-refractivity contribution is 0.0251. The van der Waals surface area contributed by atoms with Gasteiger partial charge < -0.3 is 14.2 Å². The van der Waals surface area contributed by atoms with Crippen LogP contribution in [0.2, 0.25) is 0 Å². The number of amides is 1. The Morgan fingerprint density at radius 2 is 2.14 bits per heavy atom. The molecule has 2 heterocycles. The molecule has 1 aromatic heterocycles. The molecule has 0 bridgehead atoms. The molecule has 1 amide bonds. The van der Waals surface area contributed by atoms with Gasteiger partial charge >= 0.3 is 6.09 Å². The summed E-state index contributed by atoms with van der Waals surface area (Å²) < 4.78 is 11.0. The fourth-order valence-corrected chi connectivity index (χ4v) is 3.74. The molecule has 0 radical (unpaired) electrons. The molecule has 2 aliphatic rings. The second-order valence-electron chi connectivity index (χ2n) is 7.91. The van der Waals surface area contributed by atoms with Crippen LogP contribution in [-0.4, -0.2) is 34.8 Å². The Labute approximate surface area is 125 Å². The molecular formula is C16H24N2O3. The third-order valence-electron chi connectivity index (χ3n) is 5.07. The number of hydrogen-bond acceptors (Lipinski definition) is 4. The lowest BCUT2D eigenvalue weighted by Gasteiger charge is -2.37. The van der Waals surface area contributed by atoms with E-state index in [0.717, 1.165) is 31.7 Å². The van der Waals surface area contributed by atoms with Crippen molar-refractivity contribution in [2.45, 2.75) is 58.5 Å². The molecule has 1 unspecified atom stereocenters. The van der Waals surface area contributed by atoms with Crippen molar-refractivity contribution in [2.75, 3.05) is 13.1 Å². The Hall–Kier alpha value is -1.52. The predicted molar refractivity (Wildman–Crippen MR) is 78.1 cm³/mol. The number of carbonyl (C=O) groups excluding carboxylic acids is 1. The molecule has 3 rings (SSSR count). The summed E-state index contributed by atoms with van der Waals surface area (Å²) in [6.07, 6.45) is 3.51. The van der Waals surface area contributed by atoms with Crippen LogP contribution in [-0.2, 0) is 16.6 Å². The van der Waals surface area contributed by atoms with Gasteiger partial charge in [0.25, 0.3) is 0 Å². The van der Waals surface area contributed by atoms with Crippen molar-refractivity contribution >= 4 is 6.09 Å². The van der Waals surface area contributed by atoms with Gasteiger partial charge in [0.1, 0.15) is 11.4 Å². The molecule has 1 aliphatic carbocycles. The average molecular weight is 292 g/mol. The van der Waals surface area contributed by atoms with Crippen LogP contribution in [0, 0.1) is 5.41 Å². The number of ether oxygens (including phenoxy) is 1. The van der Waals surface area contributed by atoms with Crippen LogP contribution in [0.3, 0.4) is 0 Å². The Balaban J connectivity index is 1.79. The largest absolute Gasteiger partial charge is 0.444 e. The van der Waals surface area contributed by atoms with E-state index in [4.69, 9.17) is 9.26 Å². The maximum Gasteiger partial charge on any atom is 0.410 e. The van der Waals surface area contributed by atoms with Gasteiger partial charge in [-0.2, -0.15) is 0 Å². The van der Waals surface area contributed by atoms with Crippen LogP contribution < -0.4 is 0 Å². The summed E-state index contributed by atoms with van der Waals surface area (Å²) in [6, 6.07) is 0. The summed E-state index contributed by atoms with van der Waals surface area (Å²) in [4.78, 5) is 14.1. The van der Waals surface area contributed by atoms with E-state index in [0.29, 0.717) is 0 Å². The molecule has 1 saturated heterocycles. The van der Waals surface area contributed by atoms with Crippen LogP contribution in [0.4, 0.5) is 4.79 Å². The SMILES string of the molecule is CC(C)(C)OC(=O)N1CCC2(Cc3cnoc3C2(C)C)C1. The minimum Gasteiger partial charge on any atom is -0.444 e. The fraction of sp³-hybridized carbons (Fsp3) is 0.750. The lowest BCUT2D eigenvalue weighted by Crippen LogP contribution is -2.43. The first-order chi connectivity index (χ1) is 9.65. The summed E-state index contributed by atoms with van der Waals surface area (Å²) in [5.41, 5.74) is 0.677. The third-order valence-corrected chi connectivity index (χ3v) is 5.07. The number of aromatic nitrogens is 1. The smallest absolute Gasteiger partial charge is 0.410 e. The normalized spacial score (nSPS) is 27.2. The molecular weight excluding hydrogens is 268 g/mol. The van der Waals surface area contributed by atoms with Crippen molar-refractivity contribution in [3.63, 3.8) is 0 Å². The Morgan fingerprint density at radius 1 is 1.43 bits per heavy atom. The zero-order valence-corrected chi connectivity index (χ0v) is 13.5. The van der Waals surface area contributed by atoms with E-state index >= 15 is 0 Å². The standard InChI is InChI=1S/C16H24N2O3/c1-14(2,3)20-13(19)18-7-6-16(10-18)8-11-9-17-21-12(11)15(16,4)5/h9H,6-8,10H2,1-5H3. The van der Waals surface area contributed by atoms with E-state index in [1.165, 1.54) is 5.56 Å². The third kappa shape index (κ3) is 2.14. The van der Waals surface area contributed by atoms with Crippen molar-refractivity contribution in [1.82, 2.24) is 10.1 Å². The molecule has 1 aliphatic heterocycles. The van der Waals surface area contributed by atoms with Gasteiger partial charge in [-0.25, -0.2) is 4.79 Å². The minimum atomic E-state index is -0.451. The van der Waals surface area contributed by atoms with Crippen molar-refractivity contribution in [3.8, 4) is 0 Å². The molecule has 0 saturated carbocycles. The van der Waals surface area contributed by atoms with E-state index in [-0.39, 0.29) is 16.9 Å². The molecule has 1 atom stereocenters. The molecule has 1 spiro atoms. The lowest BCUT2D eigenvalue weighted by atomic mass is 9.67. The Kier molecular flexibility index (Phi) is 2.91. The van der Waals surface area contributed by atoms with Gasteiger partial charge in [0.05, 0.1) is 6.20 Å². The van der Waals surface area contributed by atoms with E-state index in [1.807, 2.05) is 31.9 Å². The van der Waals surface area contributed by atoms with Gasteiger partial charge in [0.2, 0.25) is 0 Å². The zero-order valence-electron chi connectivity index (χ0n) is 13.5. The summed E-state index contributed by atoms with van der Waals surface area (Å²) in [5.74, 6) is 0.980. The summed E-state index contributed by atoms with van der Waals surface area (Å²) in [6.45, 7) is 11.6. The van der Waals surface area contributed by atoms with Crippen molar-refractivity contribution in [3.05, 3.63) is 17.5 Å². The van der Waals surface area contributed by atoms with E-state index in [1.54, 1.807) is 0 Å². The first kappa shape index (κ1) is 14.4. The summed E-state index contributed by atoms with van der Waals surface area (Å²) >= 11 is 0. The number of carbonyl (C=O) groups is 1. The van der Waals surface area contributed by atoms with Crippen molar-refractivity contribution in [2.24, 2.45) is 5.41 Å². The second kappa shape index (κ2) is 4.24.